The first kappa shape index (κ1) is 13.9. The van der Waals surface area contributed by atoms with Gasteiger partial charge in [0.2, 0.25) is 0 Å². The van der Waals surface area contributed by atoms with Gasteiger partial charge in [-0.2, -0.15) is 0 Å². The highest BCUT2D eigenvalue weighted by Crippen LogP contribution is 2.25. The Morgan fingerprint density at radius 2 is 2.24 bits per heavy atom. The fraction of sp³-hybridized carbons (Fsp3) is 0.455. The topological polar surface area (TPSA) is 72.4 Å². The van der Waals surface area contributed by atoms with Gasteiger partial charge in [-0.05, 0) is 25.6 Å². The highest BCUT2D eigenvalue weighted by atomic mass is 35.5. The Kier molecular flexibility index (Phi) is 4.86. The molecule has 0 saturated carbocycles. The number of hydrogen-bond donors (Lipinski definition) is 1. The van der Waals surface area contributed by atoms with Crippen LogP contribution >= 0.6 is 11.6 Å². The van der Waals surface area contributed by atoms with E-state index in [9.17, 15) is 10.1 Å². The predicted molar refractivity (Wildman–Crippen MR) is 68.1 cm³/mol. The molecule has 0 aromatic heterocycles. The third kappa shape index (κ3) is 3.66. The van der Waals surface area contributed by atoms with Crippen molar-refractivity contribution in [3.05, 3.63) is 38.9 Å². The summed E-state index contributed by atoms with van der Waals surface area (Å²) in [7, 11) is 1.95. The summed E-state index contributed by atoms with van der Waals surface area (Å²) in [6.07, 6.45) is 0. The molecular weight excluding hydrogens is 242 g/mol. The zero-order valence-electron chi connectivity index (χ0n) is 9.89. The van der Waals surface area contributed by atoms with Crippen LogP contribution in [-0.2, 0) is 6.54 Å². The Morgan fingerprint density at radius 3 is 2.71 bits per heavy atom. The maximum absolute atomic E-state index is 10.6. The second kappa shape index (κ2) is 5.95. The molecule has 2 N–H and O–H groups in total. The number of hydrogen-bond acceptors (Lipinski definition) is 4. The van der Waals surface area contributed by atoms with Gasteiger partial charge in [-0.1, -0.05) is 17.7 Å². The maximum Gasteiger partial charge on any atom is 0.287 e. The van der Waals surface area contributed by atoms with Gasteiger partial charge >= 0.3 is 0 Å². The largest absolute Gasteiger partial charge is 0.329 e. The van der Waals surface area contributed by atoms with Gasteiger partial charge in [-0.3, -0.25) is 15.0 Å². The summed E-state index contributed by atoms with van der Waals surface area (Å²) in [5.74, 6) is 0. The second-order valence-electron chi connectivity index (χ2n) is 4.04. The van der Waals surface area contributed by atoms with Gasteiger partial charge in [-0.15, -0.1) is 0 Å². The van der Waals surface area contributed by atoms with Crippen molar-refractivity contribution in [3.63, 3.8) is 0 Å². The molecule has 17 heavy (non-hydrogen) atoms. The standard InChI is InChI=1S/C11H16ClN3O2/c1-8(6-13)14(2)7-9-3-4-11(15(16)17)10(12)5-9/h3-5,8H,6-7,13H2,1-2H3. The van der Waals surface area contributed by atoms with E-state index in [-0.39, 0.29) is 16.8 Å². The molecule has 0 bridgehead atoms. The third-order valence-electron chi connectivity index (χ3n) is 2.73. The Labute approximate surface area is 105 Å². The van der Waals surface area contributed by atoms with Crippen LogP contribution in [0, 0.1) is 10.1 Å². The van der Waals surface area contributed by atoms with Crippen molar-refractivity contribution in [1.82, 2.24) is 4.90 Å². The first-order chi connectivity index (χ1) is 7.95. The minimum Gasteiger partial charge on any atom is -0.329 e. The molecule has 1 aromatic rings. The molecule has 0 saturated heterocycles. The number of halogens is 1. The van der Waals surface area contributed by atoms with Crippen LogP contribution in [0.25, 0.3) is 0 Å². The van der Waals surface area contributed by atoms with Crippen molar-refractivity contribution < 1.29 is 4.92 Å². The smallest absolute Gasteiger partial charge is 0.287 e. The van der Waals surface area contributed by atoms with Crippen molar-refractivity contribution >= 4 is 17.3 Å². The van der Waals surface area contributed by atoms with E-state index in [0.717, 1.165) is 5.56 Å². The minimum absolute atomic E-state index is 0.0649. The first-order valence-corrected chi connectivity index (χ1v) is 5.66. The molecule has 1 rings (SSSR count). The van der Waals surface area contributed by atoms with Crippen molar-refractivity contribution in [1.29, 1.82) is 0 Å². The molecule has 0 aliphatic heterocycles. The number of likely N-dealkylation sites (N-methyl/N-ethyl adjacent to an activating group) is 1. The van der Waals surface area contributed by atoms with Crippen LogP contribution in [0.3, 0.4) is 0 Å². The summed E-state index contributed by atoms with van der Waals surface area (Å²) < 4.78 is 0. The molecule has 5 nitrogen and oxygen atoms in total. The van der Waals surface area contributed by atoms with Crippen molar-refractivity contribution in [2.24, 2.45) is 5.73 Å². The van der Waals surface area contributed by atoms with Crippen molar-refractivity contribution in [2.45, 2.75) is 19.5 Å². The highest BCUT2D eigenvalue weighted by molar-refractivity contribution is 6.32. The number of nitrogens with two attached hydrogens (primary N) is 1. The lowest BCUT2D eigenvalue weighted by atomic mass is 10.1. The number of nitro benzene ring substituents is 1. The van der Waals surface area contributed by atoms with E-state index < -0.39 is 4.92 Å². The lowest BCUT2D eigenvalue weighted by Crippen LogP contribution is -2.34. The van der Waals surface area contributed by atoms with E-state index in [1.807, 2.05) is 14.0 Å². The predicted octanol–water partition coefficient (Wildman–Crippen LogP) is 2.03. The van der Waals surface area contributed by atoms with E-state index in [0.29, 0.717) is 13.1 Å². The SMILES string of the molecule is CC(CN)N(C)Cc1ccc([N+](=O)[O-])c(Cl)c1. The summed E-state index contributed by atoms with van der Waals surface area (Å²) in [5, 5.41) is 10.8. The van der Waals surface area contributed by atoms with Crippen LogP contribution in [-0.4, -0.2) is 29.5 Å². The molecule has 6 heteroatoms. The minimum atomic E-state index is -0.488. The zero-order chi connectivity index (χ0) is 13.0. The molecule has 1 atom stereocenters. The molecule has 1 unspecified atom stereocenters. The summed E-state index contributed by atoms with van der Waals surface area (Å²) in [6.45, 7) is 3.25. The molecule has 0 aliphatic rings. The fourth-order valence-corrected chi connectivity index (χ4v) is 1.69. The quantitative estimate of drug-likeness (QED) is 0.647. The van der Waals surface area contributed by atoms with Crippen LogP contribution < -0.4 is 5.73 Å². The molecule has 0 fully saturated rings. The molecule has 0 heterocycles. The lowest BCUT2D eigenvalue weighted by molar-refractivity contribution is -0.384. The normalized spacial score (nSPS) is 12.8. The molecule has 0 spiro atoms. The summed E-state index contributed by atoms with van der Waals surface area (Å²) >= 11 is 5.84. The van der Waals surface area contributed by atoms with Gasteiger partial charge in [0.25, 0.3) is 5.69 Å². The summed E-state index contributed by atoms with van der Waals surface area (Å²) in [4.78, 5) is 12.2. The summed E-state index contributed by atoms with van der Waals surface area (Å²) in [5.41, 5.74) is 6.43. The Hall–Kier alpha value is -1.17. The maximum atomic E-state index is 10.6. The van der Waals surface area contributed by atoms with E-state index in [1.165, 1.54) is 6.07 Å². The second-order valence-corrected chi connectivity index (χ2v) is 4.45. The average molecular weight is 258 g/mol. The van der Waals surface area contributed by atoms with Crippen LogP contribution in [0.15, 0.2) is 18.2 Å². The lowest BCUT2D eigenvalue weighted by Gasteiger charge is -2.23. The highest BCUT2D eigenvalue weighted by Gasteiger charge is 2.13. The molecule has 1 aromatic carbocycles. The first-order valence-electron chi connectivity index (χ1n) is 5.28. The summed E-state index contributed by atoms with van der Waals surface area (Å²) in [6, 6.07) is 5.02. The van der Waals surface area contributed by atoms with Crippen LogP contribution in [0.4, 0.5) is 5.69 Å². The molecule has 0 amide bonds. The van der Waals surface area contributed by atoms with Gasteiger partial charge in [0.1, 0.15) is 5.02 Å². The number of benzene rings is 1. The molecule has 0 aliphatic carbocycles. The third-order valence-corrected chi connectivity index (χ3v) is 3.04. The molecule has 94 valence electrons. The van der Waals surface area contributed by atoms with E-state index in [2.05, 4.69) is 4.90 Å². The van der Waals surface area contributed by atoms with E-state index in [4.69, 9.17) is 17.3 Å². The van der Waals surface area contributed by atoms with Crippen molar-refractivity contribution in [3.8, 4) is 0 Å². The van der Waals surface area contributed by atoms with Gasteiger partial charge < -0.3 is 5.73 Å². The molecular formula is C11H16ClN3O2. The van der Waals surface area contributed by atoms with Crippen LogP contribution in [0.2, 0.25) is 5.02 Å². The van der Waals surface area contributed by atoms with Crippen LogP contribution in [0.1, 0.15) is 12.5 Å². The van der Waals surface area contributed by atoms with Gasteiger partial charge in [0, 0.05) is 25.2 Å². The van der Waals surface area contributed by atoms with Crippen LogP contribution in [0.5, 0.6) is 0 Å². The number of nitro groups is 1. The van der Waals surface area contributed by atoms with Crippen molar-refractivity contribution in [2.75, 3.05) is 13.6 Å². The fourth-order valence-electron chi connectivity index (χ4n) is 1.42. The Balaban J connectivity index is 2.81. The van der Waals surface area contributed by atoms with E-state index >= 15 is 0 Å². The Bertz CT molecular complexity index is 412. The number of rotatable bonds is 5. The van der Waals surface area contributed by atoms with E-state index in [1.54, 1.807) is 12.1 Å². The van der Waals surface area contributed by atoms with Gasteiger partial charge in [0.05, 0.1) is 4.92 Å². The monoisotopic (exact) mass is 257 g/mol. The van der Waals surface area contributed by atoms with Gasteiger partial charge in [-0.25, -0.2) is 0 Å². The average Bonchev–Trinajstić information content (AvgIpc) is 2.27. The zero-order valence-corrected chi connectivity index (χ0v) is 10.6. The van der Waals surface area contributed by atoms with Gasteiger partial charge in [0.15, 0.2) is 0 Å². The number of nitrogens with zero attached hydrogens (tertiary/aromatic N) is 2. The molecule has 0 radical (unpaired) electrons. The Morgan fingerprint density at radius 1 is 1.59 bits per heavy atom.